The van der Waals surface area contributed by atoms with Gasteiger partial charge in [-0.05, 0) is 31.4 Å². The van der Waals surface area contributed by atoms with Crippen LogP contribution in [0.2, 0.25) is 0 Å². The molecule has 6 heteroatoms. The Morgan fingerprint density at radius 2 is 2.23 bits per heavy atom. The van der Waals surface area contributed by atoms with Crippen LogP contribution in [0.4, 0.5) is 5.69 Å². The smallest absolute Gasteiger partial charge is 0.238 e. The third kappa shape index (κ3) is 2.43. The van der Waals surface area contributed by atoms with E-state index in [1.807, 2.05) is 6.92 Å². The van der Waals surface area contributed by atoms with Crippen molar-refractivity contribution in [2.75, 3.05) is 18.2 Å². The minimum Gasteiger partial charge on any atom is -0.493 e. The fourth-order valence-electron chi connectivity index (χ4n) is 3.15. The highest BCUT2D eigenvalue weighted by atomic mass is 16.5. The molecule has 1 atom stereocenters. The molecule has 3 N–H and O–H groups in total. The normalized spacial score (nSPS) is 17.6. The Hall–Kier alpha value is -2.08. The van der Waals surface area contributed by atoms with Gasteiger partial charge in [0.1, 0.15) is 5.75 Å². The minimum absolute atomic E-state index is 0.0125. The van der Waals surface area contributed by atoms with E-state index in [0.717, 1.165) is 29.0 Å². The fraction of sp³-hybridized carbons (Fsp3) is 0.500. The molecule has 0 aliphatic carbocycles. The van der Waals surface area contributed by atoms with Crippen molar-refractivity contribution in [1.29, 1.82) is 0 Å². The molecule has 0 radical (unpaired) electrons. The highest BCUT2D eigenvalue weighted by molar-refractivity contribution is 5.98. The van der Waals surface area contributed by atoms with E-state index < -0.39 is 6.04 Å². The van der Waals surface area contributed by atoms with Crippen LogP contribution < -0.4 is 20.7 Å². The average Bonchev–Trinajstić information content (AvgIpc) is 2.93. The molecule has 0 spiro atoms. The molecular formula is C16H21N3O3. The van der Waals surface area contributed by atoms with Crippen LogP contribution in [0, 0.1) is 6.92 Å². The molecular weight excluding hydrogens is 282 g/mol. The maximum absolute atomic E-state index is 12.3. The van der Waals surface area contributed by atoms with E-state index >= 15 is 0 Å². The number of nitrogens with one attached hydrogen (secondary N) is 1. The Balaban J connectivity index is 1.93. The van der Waals surface area contributed by atoms with Gasteiger partial charge in [-0.15, -0.1) is 0 Å². The number of aryl methyl sites for hydroxylation is 1. The number of anilines is 1. The van der Waals surface area contributed by atoms with E-state index in [0.29, 0.717) is 19.4 Å². The van der Waals surface area contributed by atoms with Crippen LogP contribution >= 0.6 is 0 Å². The van der Waals surface area contributed by atoms with Gasteiger partial charge in [-0.1, -0.05) is 6.07 Å². The first-order valence-electron chi connectivity index (χ1n) is 7.61. The predicted molar refractivity (Wildman–Crippen MR) is 82.8 cm³/mol. The van der Waals surface area contributed by atoms with Crippen LogP contribution in [-0.2, 0) is 22.4 Å². The van der Waals surface area contributed by atoms with Crippen molar-refractivity contribution in [3.05, 3.63) is 22.8 Å². The van der Waals surface area contributed by atoms with Crippen LogP contribution in [0.5, 0.6) is 5.75 Å². The first-order chi connectivity index (χ1) is 10.5. The molecule has 2 amide bonds. The predicted octanol–water partition coefficient (Wildman–Crippen LogP) is 0.630. The quantitative estimate of drug-likeness (QED) is 0.858. The molecule has 0 unspecified atom stereocenters. The lowest BCUT2D eigenvalue weighted by atomic mass is 9.94. The summed E-state index contributed by atoms with van der Waals surface area (Å²) in [6.45, 7) is 4.45. The molecule has 0 saturated heterocycles. The van der Waals surface area contributed by atoms with Gasteiger partial charge in [-0.2, -0.15) is 0 Å². The summed E-state index contributed by atoms with van der Waals surface area (Å²) in [5.74, 6) is 0.671. The maximum atomic E-state index is 12.3. The number of nitrogens with zero attached hydrogens (tertiary/aromatic N) is 1. The first kappa shape index (κ1) is 14.8. The van der Waals surface area contributed by atoms with Gasteiger partial charge in [0.05, 0.1) is 25.0 Å². The molecule has 0 saturated carbocycles. The van der Waals surface area contributed by atoms with Gasteiger partial charge >= 0.3 is 0 Å². The van der Waals surface area contributed by atoms with E-state index in [1.54, 1.807) is 11.8 Å². The minimum atomic E-state index is -0.594. The van der Waals surface area contributed by atoms with Crippen molar-refractivity contribution in [1.82, 2.24) is 5.32 Å². The van der Waals surface area contributed by atoms with Gasteiger partial charge in [-0.3, -0.25) is 14.5 Å². The van der Waals surface area contributed by atoms with Crippen molar-refractivity contribution >= 4 is 17.5 Å². The molecule has 6 nitrogen and oxygen atoms in total. The highest BCUT2D eigenvalue weighted by Gasteiger charge is 2.31. The Labute approximate surface area is 129 Å². The third-order valence-corrected chi connectivity index (χ3v) is 4.22. The first-order valence-corrected chi connectivity index (χ1v) is 7.61. The lowest BCUT2D eigenvalue weighted by molar-refractivity contribution is -0.122. The number of nitrogens with two attached hydrogens (primary N) is 1. The third-order valence-electron chi connectivity index (χ3n) is 4.22. The summed E-state index contributed by atoms with van der Waals surface area (Å²) in [5.41, 5.74) is 9.77. The molecule has 2 aliphatic rings. The number of carbonyl (C=O) groups is 2. The largest absolute Gasteiger partial charge is 0.493 e. The summed E-state index contributed by atoms with van der Waals surface area (Å²) in [5, 5.41) is 2.72. The number of carbonyl (C=O) groups excluding carboxylic acids is 2. The number of hydrogen-bond donors (Lipinski definition) is 2. The lowest BCUT2D eigenvalue weighted by Crippen LogP contribution is -2.48. The topological polar surface area (TPSA) is 84.7 Å². The number of amides is 2. The van der Waals surface area contributed by atoms with Gasteiger partial charge in [-0.25, -0.2) is 0 Å². The average molecular weight is 303 g/mol. The van der Waals surface area contributed by atoms with E-state index in [2.05, 4.69) is 11.4 Å². The SMILES string of the molecule is Cc1cc2c(c3c1N(CNC(=O)[C@@H](C)N)C(=O)CC3)OCC2. The molecule has 2 aliphatic heterocycles. The number of benzene rings is 1. The molecule has 2 heterocycles. The lowest BCUT2D eigenvalue weighted by Gasteiger charge is -2.32. The molecule has 3 rings (SSSR count). The fourth-order valence-corrected chi connectivity index (χ4v) is 3.15. The van der Waals surface area contributed by atoms with E-state index in [-0.39, 0.29) is 18.5 Å². The van der Waals surface area contributed by atoms with E-state index in [9.17, 15) is 9.59 Å². The standard InChI is InChI=1S/C16H21N3O3/c1-9-7-11-5-6-22-15(11)12-3-4-13(20)19(14(9)12)8-18-16(21)10(2)17/h7,10H,3-6,8,17H2,1-2H3,(H,18,21)/t10-/m1/s1. The zero-order valence-corrected chi connectivity index (χ0v) is 12.9. The summed E-state index contributed by atoms with van der Waals surface area (Å²) in [7, 11) is 0. The number of ether oxygens (including phenoxy) is 1. The monoisotopic (exact) mass is 303 g/mol. The van der Waals surface area contributed by atoms with Crippen LogP contribution in [0.15, 0.2) is 6.07 Å². The summed E-state index contributed by atoms with van der Waals surface area (Å²) < 4.78 is 5.75. The van der Waals surface area contributed by atoms with Crippen LogP contribution in [-0.4, -0.2) is 31.1 Å². The number of fused-ring (bicyclic) bond motifs is 3. The van der Waals surface area contributed by atoms with Crippen molar-refractivity contribution in [2.45, 2.75) is 39.2 Å². The second-order valence-corrected chi connectivity index (χ2v) is 5.92. The Morgan fingerprint density at radius 3 is 2.95 bits per heavy atom. The number of hydrogen-bond acceptors (Lipinski definition) is 4. The summed E-state index contributed by atoms with van der Waals surface area (Å²) in [6.07, 6.45) is 2.04. The summed E-state index contributed by atoms with van der Waals surface area (Å²) >= 11 is 0. The zero-order chi connectivity index (χ0) is 15.9. The summed E-state index contributed by atoms with van der Waals surface area (Å²) in [6, 6.07) is 1.49. The maximum Gasteiger partial charge on any atom is 0.238 e. The molecule has 0 fully saturated rings. The second-order valence-electron chi connectivity index (χ2n) is 5.92. The number of rotatable bonds is 3. The van der Waals surface area contributed by atoms with Gasteiger partial charge in [0.2, 0.25) is 11.8 Å². The van der Waals surface area contributed by atoms with Crippen molar-refractivity contribution < 1.29 is 14.3 Å². The van der Waals surface area contributed by atoms with Crippen LogP contribution in [0.25, 0.3) is 0 Å². The van der Waals surface area contributed by atoms with Gasteiger partial charge in [0.25, 0.3) is 0 Å². The van der Waals surface area contributed by atoms with Crippen molar-refractivity contribution in [3.8, 4) is 5.75 Å². The second kappa shape index (κ2) is 5.61. The van der Waals surface area contributed by atoms with Crippen LogP contribution in [0.3, 0.4) is 0 Å². The van der Waals surface area contributed by atoms with Crippen LogP contribution in [0.1, 0.15) is 30.0 Å². The Bertz CT molecular complexity index is 640. The van der Waals surface area contributed by atoms with Gasteiger partial charge < -0.3 is 15.8 Å². The van der Waals surface area contributed by atoms with Gasteiger partial charge in [0, 0.05) is 18.4 Å². The molecule has 22 heavy (non-hydrogen) atoms. The van der Waals surface area contributed by atoms with E-state index in [1.165, 1.54) is 5.56 Å². The Kier molecular flexibility index (Phi) is 3.78. The highest BCUT2D eigenvalue weighted by Crippen LogP contribution is 2.42. The molecule has 0 bridgehead atoms. The zero-order valence-electron chi connectivity index (χ0n) is 12.9. The molecule has 118 valence electrons. The Morgan fingerprint density at radius 1 is 1.45 bits per heavy atom. The van der Waals surface area contributed by atoms with Crippen molar-refractivity contribution in [2.24, 2.45) is 5.73 Å². The summed E-state index contributed by atoms with van der Waals surface area (Å²) in [4.78, 5) is 25.6. The molecule has 1 aromatic carbocycles. The van der Waals surface area contributed by atoms with E-state index in [4.69, 9.17) is 10.5 Å². The molecule has 1 aromatic rings. The molecule has 0 aromatic heterocycles. The van der Waals surface area contributed by atoms with Gasteiger partial charge in [0.15, 0.2) is 0 Å². The van der Waals surface area contributed by atoms with Crippen molar-refractivity contribution in [3.63, 3.8) is 0 Å².